The number of hydrogen-bond donors (Lipinski definition) is 0. The number of benzene rings is 1. The first-order valence-corrected chi connectivity index (χ1v) is 6.77. The van der Waals surface area contributed by atoms with Crippen LogP contribution in [0, 0.1) is 11.3 Å². The van der Waals surface area contributed by atoms with Crippen LogP contribution in [0.5, 0.6) is 0 Å². The highest BCUT2D eigenvalue weighted by Gasteiger charge is 2.34. The van der Waals surface area contributed by atoms with E-state index in [0.717, 1.165) is 18.7 Å². The summed E-state index contributed by atoms with van der Waals surface area (Å²) in [5.41, 5.74) is 1.92. The number of rotatable bonds is 1. The van der Waals surface area contributed by atoms with Crippen LogP contribution < -0.4 is 4.90 Å². The summed E-state index contributed by atoms with van der Waals surface area (Å²) in [4.78, 5) is 2.44. The summed E-state index contributed by atoms with van der Waals surface area (Å²) < 4.78 is 5.88. The molecule has 2 atom stereocenters. The average molecular weight is 242 g/mol. The van der Waals surface area contributed by atoms with E-state index in [2.05, 4.69) is 17.0 Å². The third kappa shape index (κ3) is 2.09. The lowest BCUT2D eigenvalue weighted by molar-refractivity contribution is -0.00867. The molecule has 1 aliphatic carbocycles. The zero-order valence-corrected chi connectivity index (χ0v) is 10.5. The fraction of sp³-hybridized carbons (Fsp3) is 0.533. The largest absolute Gasteiger partial charge is 0.374 e. The maximum Gasteiger partial charge on any atom is 0.0992 e. The Kier molecular flexibility index (Phi) is 3.21. The molecule has 1 aromatic carbocycles. The van der Waals surface area contributed by atoms with Crippen molar-refractivity contribution in [2.75, 3.05) is 18.1 Å². The number of nitriles is 1. The number of ether oxygens (including phenoxy) is 1. The lowest BCUT2D eigenvalue weighted by Crippen LogP contribution is -2.52. The zero-order valence-electron chi connectivity index (χ0n) is 10.5. The second-order valence-electron chi connectivity index (χ2n) is 5.12. The van der Waals surface area contributed by atoms with Crippen molar-refractivity contribution in [1.82, 2.24) is 0 Å². The first-order chi connectivity index (χ1) is 8.88. The normalized spacial score (nSPS) is 27.4. The zero-order chi connectivity index (χ0) is 12.4. The predicted molar refractivity (Wildman–Crippen MR) is 70.5 cm³/mol. The molecule has 0 N–H and O–H groups in total. The maximum atomic E-state index is 9.00. The SMILES string of the molecule is N#Cc1cccc(N2CCOC3CCCCC32)c1. The topological polar surface area (TPSA) is 36.3 Å². The molecule has 2 aliphatic rings. The highest BCUT2D eigenvalue weighted by atomic mass is 16.5. The molecule has 1 saturated carbocycles. The van der Waals surface area contributed by atoms with E-state index in [1.807, 2.05) is 18.2 Å². The van der Waals surface area contributed by atoms with Crippen molar-refractivity contribution >= 4 is 5.69 Å². The molecule has 0 spiro atoms. The standard InChI is InChI=1S/C15H18N2O/c16-11-12-4-3-5-13(10-12)17-8-9-18-15-7-2-1-6-14(15)17/h3-5,10,14-15H,1-2,6-9H2. The van der Waals surface area contributed by atoms with E-state index >= 15 is 0 Å². The number of morpholine rings is 1. The number of anilines is 1. The lowest BCUT2D eigenvalue weighted by Gasteiger charge is -2.45. The highest BCUT2D eigenvalue weighted by Crippen LogP contribution is 2.32. The smallest absolute Gasteiger partial charge is 0.0992 e. The van der Waals surface area contributed by atoms with E-state index < -0.39 is 0 Å². The average Bonchev–Trinajstić information content (AvgIpc) is 2.47. The molecule has 0 radical (unpaired) electrons. The fourth-order valence-electron chi connectivity index (χ4n) is 3.17. The van der Waals surface area contributed by atoms with Gasteiger partial charge in [-0.15, -0.1) is 0 Å². The van der Waals surface area contributed by atoms with Crippen LogP contribution in [0.2, 0.25) is 0 Å². The monoisotopic (exact) mass is 242 g/mol. The molecular weight excluding hydrogens is 224 g/mol. The second-order valence-corrected chi connectivity index (χ2v) is 5.12. The van der Waals surface area contributed by atoms with Crippen LogP contribution >= 0.6 is 0 Å². The summed E-state index contributed by atoms with van der Waals surface area (Å²) in [5, 5.41) is 9.00. The summed E-state index contributed by atoms with van der Waals surface area (Å²) in [5.74, 6) is 0. The third-order valence-electron chi connectivity index (χ3n) is 4.04. The van der Waals surface area contributed by atoms with Crippen molar-refractivity contribution in [2.24, 2.45) is 0 Å². The molecule has 3 nitrogen and oxygen atoms in total. The molecule has 1 aliphatic heterocycles. The van der Waals surface area contributed by atoms with Gasteiger partial charge < -0.3 is 9.64 Å². The molecule has 2 fully saturated rings. The number of fused-ring (bicyclic) bond motifs is 1. The summed E-state index contributed by atoms with van der Waals surface area (Å²) >= 11 is 0. The number of hydrogen-bond acceptors (Lipinski definition) is 3. The van der Waals surface area contributed by atoms with E-state index in [-0.39, 0.29) is 0 Å². The van der Waals surface area contributed by atoms with E-state index in [1.165, 1.54) is 31.4 Å². The van der Waals surface area contributed by atoms with Gasteiger partial charge in [0.15, 0.2) is 0 Å². The minimum Gasteiger partial charge on any atom is -0.374 e. The van der Waals surface area contributed by atoms with Crippen LogP contribution in [-0.2, 0) is 4.74 Å². The van der Waals surface area contributed by atoms with Crippen molar-refractivity contribution < 1.29 is 4.74 Å². The molecular formula is C15H18N2O. The Balaban J connectivity index is 1.87. The van der Waals surface area contributed by atoms with Crippen molar-refractivity contribution in [3.63, 3.8) is 0 Å². The van der Waals surface area contributed by atoms with Gasteiger partial charge in [0.05, 0.1) is 30.4 Å². The van der Waals surface area contributed by atoms with Crippen LogP contribution in [0.25, 0.3) is 0 Å². The first kappa shape index (κ1) is 11.6. The van der Waals surface area contributed by atoms with Crippen molar-refractivity contribution in [1.29, 1.82) is 5.26 Å². The Hall–Kier alpha value is -1.53. The first-order valence-electron chi connectivity index (χ1n) is 6.77. The van der Waals surface area contributed by atoms with Gasteiger partial charge in [0.25, 0.3) is 0 Å². The molecule has 18 heavy (non-hydrogen) atoms. The predicted octanol–water partition coefficient (Wildman–Crippen LogP) is 2.71. The van der Waals surface area contributed by atoms with E-state index in [1.54, 1.807) is 0 Å². The molecule has 1 saturated heterocycles. The van der Waals surface area contributed by atoms with Gasteiger partial charge in [-0.3, -0.25) is 0 Å². The molecule has 1 aromatic rings. The summed E-state index contributed by atoms with van der Waals surface area (Å²) in [6.07, 6.45) is 5.35. The van der Waals surface area contributed by atoms with E-state index in [9.17, 15) is 0 Å². The summed E-state index contributed by atoms with van der Waals surface area (Å²) in [6, 6.07) is 10.7. The molecule has 0 aromatic heterocycles. The van der Waals surface area contributed by atoms with E-state index in [0.29, 0.717) is 12.1 Å². The van der Waals surface area contributed by atoms with Gasteiger partial charge in [0.2, 0.25) is 0 Å². The van der Waals surface area contributed by atoms with Crippen LogP contribution in [0.1, 0.15) is 31.2 Å². The van der Waals surface area contributed by atoms with Gasteiger partial charge in [-0.05, 0) is 31.0 Å². The minimum absolute atomic E-state index is 0.387. The second kappa shape index (κ2) is 4.99. The third-order valence-corrected chi connectivity index (χ3v) is 4.04. The van der Waals surface area contributed by atoms with Gasteiger partial charge >= 0.3 is 0 Å². The Bertz CT molecular complexity index is 464. The Morgan fingerprint density at radius 3 is 3.06 bits per heavy atom. The molecule has 3 rings (SSSR count). The quantitative estimate of drug-likeness (QED) is 0.759. The molecule has 94 valence electrons. The van der Waals surface area contributed by atoms with Crippen LogP contribution in [0.15, 0.2) is 24.3 Å². The van der Waals surface area contributed by atoms with Gasteiger partial charge in [-0.25, -0.2) is 0 Å². The summed E-state index contributed by atoms with van der Waals surface area (Å²) in [7, 11) is 0. The molecule has 0 bridgehead atoms. The molecule has 2 unspecified atom stereocenters. The fourth-order valence-corrected chi connectivity index (χ4v) is 3.17. The van der Waals surface area contributed by atoms with E-state index in [4.69, 9.17) is 10.00 Å². The Morgan fingerprint density at radius 2 is 2.17 bits per heavy atom. The van der Waals surface area contributed by atoms with Gasteiger partial charge in [-0.1, -0.05) is 18.9 Å². The van der Waals surface area contributed by atoms with Gasteiger partial charge in [0, 0.05) is 12.2 Å². The molecule has 0 amide bonds. The minimum atomic E-state index is 0.387. The summed E-state index contributed by atoms with van der Waals surface area (Å²) in [6.45, 7) is 1.74. The lowest BCUT2D eigenvalue weighted by atomic mass is 9.89. The maximum absolute atomic E-state index is 9.00. The van der Waals surface area contributed by atoms with Crippen LogP contribution in [-0.4, -0.2) is 25.3 Å². The molecule has 1 heterocycles. The van der Waals surface area contributed by atoms with Crippen molar-refractivity contribution in [3.8, 4) is 6.07 Å². The Morgan fingerprint density at radius 1 is 1.28 bits per heavy atom. The van der Waals surface area contributed by atoms with Crippen molar-refractivity contribution in [2.45, 2.75) is 37.8 Å². The highest BCUT2D eigenvalue weighted by molar-refractivity contribution is 5.52. The van der Waals surface area contributed by atoms with Crippen molar-refractivity contribution in [3.05, 3.63) is 29.8 Å². The van der Waals surface area contributed by atoms with Gasteiger partial charge in [-0.2, -0.15) is 5.26 Å². The van der Waals surface area contributed by atoms with Crippen LogP contribution in [0.4, 0.5) is 5.69 Å². The van der Waals surface area contributed by atoms with Crippen LogP contribution in [0.3, 0.4) is 0 Å². The number of nitrogens with zero attached hydrogens (tertiary/aromatic N) is 2. The Labute approximate surface area is 108 Å². The molecule has 3 heteroatoms. The van der Waals surface area contributed by atoms with Gasteiger partial charge in [0.1, 0.15) is 0 Å².